The molecule has 0 unspecified atom stereocenters. The number of amides is 2. The summed E-state index contributed by atoms with van der Waals surface area (Å²) in [7, 11) is -4.18. The van der Waals surface area contributed by atoms with Gasteiger partial charge in [-0.1, -0.05) is 90.5 Å². The Morgan fingerprint density at radius 2 is 1.44 bits per heavy atom. The van der Waals surface area contributed by atoms with Crippen molar-refractivity contribution < 1.29 is 18.0 Å². The van der Waals surface area contributed by atoms with E-state index in [9.17, 15) is 18.0 Å². The highest BCUT2D eigenvalue weighted by atomic mass is 35.5. The summed E-state index contributed by atoms with van der Waals surface area (Å²) >= 11 is 6.57. The van der Waals surface area contributed by atoms with Crippen molar-refractivity contribution in [3.63, 3.8) is 0 Å². The summed E-state index contributed by atoms with van der Waals surface area (Å²) in [6.07, 6.45) is 0.216. The first kappa shape index (κ1) is 33.7. The Balaban J connectivity index is 1.85. The van der Waals surface area contributed by atoms with E-state index in [0.717, 1.165) is 15.4 Å². The molecule has 0 aliphatic rings. The average molecular weight is 646 g/mol. The smallest absolute Gasteiger partial charge is 0.264 e. The third-order valence-corrected chi connectivity index (χ3v) is 9.45. The van der Waals surface area contributed by atoms with Gasteiger partial charge in [0.2, 0.25) is 11.8 Å². The van der Waals surface area contributed by atoms with E-state index in [0.29, 0.717) is 21.8 Å². The summed E-state index contributed by atoms with van der Waals surface area (Å²) in [6.45, 7) is 8.77. The van der Waals surface area contributed by atoms with Crippen molar-refractivity contribution in [2.24, 2.45) is 0 Å². The molecule has 4 rings (SSSR count). The van der Waals surface area contributed by atoms with E-state index >= 15 is 0 Å². The van der Waals surface area contributed by atoms with Crippen LogP contribution >= 0.6 is 11.6 Å². The van der Waals surface area contributed by atoms with E-state index in [-0.39, 0.29) is 23.8 Å². The first-order chi connectivity index (χ1) is 21.3. The maximum atomic E-state index is 14.6. The van der Waals surface area contributed by atoms with Gasteiger partial charge in [0.1, 0.15) is 12.6 Å². The molecule has 4 aromatic rings. The zero-order valence-corrected chi connectivity index (χ0v) is 27.9. The van der Waals surface area contributed by atoms with Crippen molar-refractivity contribution >= 4 is 39.1 Å². The predicted molar refractivity (Wildman–Crippen MR) is 181 cm³/mol. The molecule has 0 radical (unpaired) electrons. The molecule has 0 bridgehead atoms. The van der Waals surface area contributed by atoms with Crippen LogP contribution < -0.4 is 9.62 Å². The molecule has 0 aliphatic carbocycles. The quantitative estimate of drug-likeness (QED) is 0.197. The number of nitrogens with one attached hydrogen (secondary N) is 1. The molecule has 9 heteroatoms. The normalized spacial score (nSPS) is 12.3. The minimum absolute atomic E-state index is 0.000403. The number of carbonyl (C=O) groups is 2. The number of sulfonamides is 1. The first-order valence-corrected chi connectivity index (χ1v) is 16.6. The zero-order chi connectivity index (χ0) is 32.8. The van der Waals surface area contributed by atoms with E-state index in [1.165, 1.54) is 17.0 Å². The van der Waals surface area contributed by atoms with E-state index in [1.807, 2.05) is 83.1 Å². The maximum Gasteiger partial charge on any atom is 0.264 e. The fraction of sp³-hybridized carbons (Fsp3) is 0.278. The Morgan fingerprint density at radius 3 is 2.07 bits per heavy atom. The lowest BCUT2D eigenvalue weighted by Crippen LogP contribution is -2.56. The Morgan fingerprint density at radius 1 is 0.844 bits per heavy atom. The largest absolute Gasteiger partial charge is 0.350 e. The Kier molecular flexibility index (Phi) is 10.7. The van der Waals surface area contributed by atoms with Crippen LogP contribution in [0.4, 0.5) is 5.69 Å². The second kappa shape index (κ2) is 14.3. The highest BCUT2D eigenvalue weighted by Gasteiger charge is 2.36. The molecule has 45 heavy (non-hydrogen) atoms. The Bertz CT molecular complexity index is 1740. The molecule has 2 amide bonds. The molecular weight excluding hydrogens is 606 g/mol. The van der Waals surface area contributed by atoms with Crippen LogP contribution in [-0.2, 0) is 32.6 Å². The first-order valence-electron chi connectivity index (χ1n) is 14.8. The third-order valence-electron chi connectivity index (χ3n) is 7.31. The molecular formula is C36H40ClN3O4S. The SMILES string of the molecule is Cc1ccc(C)c(N(CC(=O)N(Cc2ccccc2Cl)[C@H](Cc2ccccc2)C(=O)NC(C)(C)C)S(=O)(=O)c2ccccc2)c1. The molecule has 0 aliphatic heterocycles. The van der Waals surface area contributed by atoms with Crippen LogP contribution in [0.5, 0.6) is 0 Å². The van der Waals surface area contributed by atoms with Gasteiger partial charge in [-0.05, 0) is 81.1 Å². The van der Waals surface area contributed by atoms with Crippen LogP contribution in [0.2, 0.25) is 5.02 Å². The fourth-order valence-electron chi connectivity index (χ4n) is 5.04. The number of benzene rings is 4. The van der Waals surface area contributed by atoms with Crippen molar-refractivity contribution in [3.05, 3.63) is 130 Å². The van der Waals surface area contributed by atoms with Crippen molar-refractivity contribution in [2.45, 2.75) is 64.1 Å². The van der Waals surface area contributed by atoms with Crippen LogP contribution in [0.25, 0.3) is 0 Å². The molecule has 236 valence electrons. The molecule has 0 saturated carbocycles. The van der Waals surface area contributed by atoms with Crippen LogP contribution in [0.1, 0.15) is 43.0 Å². The highest BCUT2D eigenvalue weighted by Crippen LogP contribution is 2.29. The van der Waals surface area contributed by atoms with Gasteiger partial charge in [0.05, 0.1) is 10.6 Å². The highest BCUT2D eigenvalue weighted by molar-refractivity contribution is 7.92. The molecule has 0 heterocycles. The van der Waals surface area contributed by atoms with Crippen LogP contribution in [0, 0.1) is 13.8 Å². The second-order valence-corrected chi connectivity index (χ2v) is 14.4. The number of hydrogen-bond donors (Lipinski definition) is 1. The molecule has 4 aromatic carbocycles. The van der Waals surface area contributed by atoms with Gasteiger partial charge >= 0.3 is 0 Å². The van der Waals surface area contributed by atoms with Gasteiger partial charge in [-0.25, -0.2) is 8.42 Å². The fourth-order valence-corrected chi connectivity index (χ4v) is 6.73. The van der Waals surface area contributed by atoms with E-state index in [4.69, 9.17) is 11.6 Å². The lowest BCUT2D eigenvalue weighted by Gasteiger charge is -2.35. The number of anilines is 1. The van der Waals surface area contributed by atoms with E-state index in [2.05, 4.69) is 5.32 Å². The summed E-state index contributed by atoms with van der Waals surface area (Å²) in [6, 6.07) is 29.1. The predicted octanol–water partition coefficient (Wildman–Crippen LogP) is 6.71. The summed E-state index contributed by atoms with van der Waals surface area (Å²) in [5.41, 5.74) is 2.84. The maximum absolute atomic E-state index is 14.6. The molecule has 1 atom stereocenters. The molecule has 0 aromatic heterocycles. The number of carbonyl (C=O) groups excluding carboxylic acids is 2. The summed E-state index contributed by atoms with van der Waals surface area (Å²) in [4.78, 5) is 30.1. The lowest BCUT2D eigenvalue weighted by molar-refractivity contribution is -0.140. The number of hydrogen-bond acceptors (Lipinski definition) is 4. The van der Waals surface area contributed by atoms with Gasteiger partial charge in [0, 0.05) is 23.5 Å². The average Bonchev–Trinajstić information content (AvgIpc) is 2.99. The molecule has 0 fully saturated rings. The van der Waals surface area contributed by atoms with Gasteiger partial charge in [-0.15, -0.1) is 0 Å². The summed E-state index contributed by atoms with van der Waals surface area (Å²) < 4.78 is 29.6. The van der Waals surface area contributed by atoms with Gasteiger partial charge < -0.3 is 10.2 Å². The molecule has 7 nitrogen and oxygen atoms in total. The standard InChI is InChI=1S/C36H40ClN3O4S/c1-26-20-21-27(2)32(22-26)40(45(43,44)30-17-10-7-11-18-30)25-34(41)39(24-29-16-12-13-19-31(29)37)33(35(42)38-36(3,4)5)23-28-14-8-6-9-15-28/h6-22,33H,23-25H2,1-5H3,(H,38,42)/t33-/m1/s1. The molecule has 0 saturated heterocycles. The second-order valence-electron chi connectivity index (χ2n) is 12.2. The summed E-state index contributed by atoms with van der Waals surface area (Å²) in [5, 5.41) is 3.47. The van der Waals surface area contributed by atoms with Crippen LogP contribution in [0.15, 0.2) is 108 Å². The van der Waals surface area contributed by atoms with E-state index in [1.54, 1.807) is 42.5 Å². The lowest BCUT2D eigenvalue weighted by atomic mass is 10.0. The zero-order valence-electron chi connectivity index (χ0n) is 26.3. The van der Waals surface area contributed by atoms with Crippen molar-refractivity contribution in [1.29, 1.82) is 0 Å². The molecule has 1 N–H and O–H groups in total. The van der Waals surface area contributed by atoms with Gasteiger partial charge in [-0.3, -0.25) is 13.9 Å². The van der Waals surface area contributed by atoms with Crippen LogP contribution in [-0.4, -0.2) is 43.3 Å². The molecule has 0 spiro atoms. The monoisotopic (exact) mass is 645 g/mol. The number of aryl methyl sites for hydroxylation is 2. The number of nitrogens with zero attached hydrogens (tertiary/aromatic N) is 2. The van der Waals surface area contributed by atoms with Gasteiger partial charge in [-0.2, -0.15) is 0 Å². The van der Waals surface area contributed by atoms with Gasteiger partial charge in [0.15, 0.2) is 0 Å². The van der Waals surface area contributed by atoms with E-state index < -0.39 is 34.1 Å². The van der Waals surface area contributed by atoms with Crippen molar-refractivity contribution in [3.8, 4) is 0 Å². The third kappa shape index (κ3) is 8.74. The summed E-state index contributed by atoms with van der Waals surface area (Å²) in [5.74, 6) is -0.892. The Labute approximate surface area is 271 Å². The number of rotatable bonds is 11. The Hall–Kier alpha value is -4.14. The topological polar surface area (TPSA) is 86.8 Å². The minimum Gasteiger partial charge on any atom is -0.350 e. The van der Waals surface area contributed by atoms with Crippen LogP contribution in [0.3, 0.4) is 0 Å². The van der Waals surface area contributed by atoms with Crippen molar-refractivity contribution in [1.82, 2.24) is 10.2 Å². The van der Waals surface area contributed by atoms with Crippen molar-refractivity contribution in [2.75, 3.05) is 10.8 Å². The van der Waals surface area contributed by atoms with Gasteiger partial charge in [0.25, 0.3) is 10.0 Å². The number of halogens is 1. The minimum atomic E-state index is -4.18.